The first-order valence-electron chi connectivity index (χ1n) is 13.0. The van der Waals surface area contributed by atoms with Gasteiger partial charge in [-0.25, -0.2) is 17.8 Å². The number of sulfonamides is 1. The summed E-state index contributed by atoms with van der Waals surface area (Å²) >= 11 is 0. The van der Waals surface area contributed by atoms with Gasteiger partial charge >= 0.3 is 12.1 Å². The van der Waals surface area contributed by atoms with Crippen molar-refractivity contribution in [3.05, 3.63) is 71.1 Å². The summed E-state index contributed by atoms with van der Waals surface area (Å²) in [5.41, 5.74) is -1.32. The van der Waals surface area contributed by atoms with Gasteiger partial charge in [-0.05, 0) is 51.1 Å². The normalized spacial score (nSPS) is 12.6. The number of rotatable bonds is 11. The van der Waals surface area contributed by atoms with Crippen LogP contribution in [0.5, 0.6) is 0 Å². The van der Waals surface area contributed by atoms with E-state index in [1.165, 1.54) is 26.0 Å². The monoisotopic (exact) mass is 640 g/mol. The molecule has 0 radical (unpaired) electrons. The maximum atomic E-state index is 13.5. The number of carbonyl (C=O) groups is 2. The Hall–Kier alpha value is -4.67. The first kappa shape index (κ1) is 33.8. The Kier molecular flexibility index (Phi) is 9.92. The van der Waals surface area contributed by atoms with E-state index < -0.39 is 52.0 Å². The van der Waals surface area contributed by atoms with Gasteiger partial charge < -0.3 is 14.8 Å². The number of nitrogens with one attached hydrogen (secondary N) is 1. The minimum Gasteiger partial charge on any atom is -0.569 e. The van der Waals surface area contributed by atoms with Crippen molar-refractivity contribution in [3.8, 4) is 16.9 Å². The molecule has 0 aliphatic carbocycles. The lowest BCUT2D eigenvalue weighted by Gasteiger charge is -2.29. The first-order chi connectivity index (χ1) is 20.3. The summed E-state index contributed by atoms with van der Waals surface area (Å²) in [6.45, 7) is 6.82. The molecule has 1 aromatic heterocycles. The molecule has 0 bridgehead atoms. The van der Waals surface area contributed by atoms with Crippen LogP contribution in [0.2, 0.25) is 0 Å². The predicted molar refractivity (Wildman–Crippen MR) is 149 cm³/mol. The zero-order chi connectivity index (χ0) is 33.0. The molecule has 0 atom stereocenters. The SMILES string of the molecule is Cc1ccc(-c2cc(C(F)(F)F)nn2-c2ccc(S(=O)(=O)NC(=O)C(C)(C)N(C)/[N+]([O-])=N\OCOC(=O)C(C)C)cc2)cc1. The zero-order valence-electron chi connectivity index (χ0n) is 24.6. The summed E-state index contributed by atoms with van der Waals surface area (Å²) in [4.78, 5) is 28.5. The molecular weight excluding hydrogens is 609 g/mol. The molecule has 3 aromatic rings. The van der Waals surface area contributed by atoms with Gasteiger partial charge in [-0.3, -0.25) is 9.59 Å². The van der Waals surface area contributed by atoms with Crippen molar-refractivity contribution >= 4 is 21.9 Å². The van der Waals surface area contributed by atoms with Crippen molar-refractivity contribution in [2.24, 2.45) is 11.2 Å². The van der Waals surface area contributed by atoms with Gasteiger partial charge in [0, 0.05) is 5.56 Å². The van der Waals surface area contributed by atoms with Gasteiger partial charge in [-0.15, -0.1) is 5.01 Å². The van der Waals surface area contributed by atoms with Crippen LogP contribution in [0.4, 0.5) is 13.2 Å². The number of hydrogen-bond donors (Lipinski definition) is 1. The van der Waals surface area contributed by atoms with Crippen LogP contribution in [-0.4, -0.2) is 59.4 Å². The molecule has 17 heteroatoms. The highest BCUT2D eigenvalue weighted by Crippen LogP contribution is 2.33. The number of aryl methyl sites for hydroxylation is 1. The number of ether oxygens (including phenoxy) is 1. The largest absolute Gasteiger partial charge is 0.569 e. The van der Waals surface area contributed by atoms with Gasteiger partial charge in [0.05, 0.1) is 34.2 Å². The Labute approximate surface area is 251 Å². The van der Waals surface area contributed by atoms with Crippen LogP contribution in [0.15, 0.2) is 64.8 Å². The summed E-state index contributed by atoms with van der Waals surface area (Å²) in [6.07, 6.45) is -4.72. The van der Waals surface area contributed by atoms with Gasteiger partial charge in [-0.2, -0.15) is 18.3 Å². The van der Waals surface area contributed by atoms with E-state index in [-0.39, 0.29) is 21.2 Å². The minimum atomic E-state index is -4.72. The number of halogens is 3. The molecule has 3 rings (SSSR count). The van der Waals surface area contributed by atoms with Crippen LogP contribution in [-0.2, 0) is 35.4 Å². The molecule has 0 aliphatic rings. The lowest BCUT2D eigenvalue weighted by molar-refractivity contribution is -0.717. The summed E-state index contributed by atoms with van der Waals surface area (Å²) in [5.74, 6) is -2.14. The Morgan fingerprint density at radius 3 is 2.25 bits per heavy atom. The highest BCUT2D eigenvalue weighted by atomic mass is 32.2. The van der Waals surface area contributed by atoms with Crippen LogP contribution in [0.1, 0.15) is 39.0 Å². The second kappa shape index (κ2) is 12.9. The summed E-state index contributed by atoms with van der Waals surface area (Å²) in [5, 5.41) is 19.9. The third kappa shape index (κ3) is 7.83. The van der Waals surface area contributed by atoms with E-state index in [2.05, 4.69) is 15.2 Å². The number of hydrazine groups is 1. The molecule has 44 heavy (non-hydrogen) atoms. The van der Waals surface area contributed by atoms with E-state index in [9.17, 15) is 36.4 Å². The van der Waals surface area contributed by atoms with Crippen molar-refractivity contribution in [2.45, 2.75) is 51.2 Å². The standard InChI is InChI=1S/C27H31F3N6O7S/c1-17(2)24(37)42-16-43-33-36(39)34(6)26(4,5)25(38)32-44(40,41)21-13-11-20(12-14-21)35-22(15-23(31-35)27(28,29)30)19-9-7-18(3)8-10-19/h7-15,17H,16H2,1-6H3,(H,32,38)/b36-33+. The van der Waals surface area contributed by atoms with Crippen LogP contribution in [0.25, 0.3) is 16.9 Å². The van der Waals surface area contributed by atoms with E-state index in [1.807, 2.05) is 11.6 Å². The molecule has 13 nitrogen and oxygen atoms in total. The molecule has 0 fully saturated rings. The lowest BCUT2D eigenvalue weighted by Crippen LogP contribution is -2.56. The van der Waals surface area contributed by atoms with Gasteiger partial charge in [0.15, 0.2) is 11.2 Å². The number of nitrogens with zero attached hydrogens (tertiary/aromatic N) is 5. The van der Waals surface area contributed by atoms with Crippen molar-refractivity contribution in [1.82, 2.24) is 19.5 Å². The molecule has 1 heterocycles. The third-order valence-corrected chi connectivity index (χ3v) is 7.79. The van der Waals surface area contributed by atoms with Gasteiger partial charge in [0.2, 0.25) is 5.28 Å². The predicted octanol–water partition coefficient (Wildman–Crippen LogP) is 4.35. The second-order valence-electron chi connectivity index (χ2n) is 10.4. The summed E-state index contributed by atoms with van der Waals surface area (Å²) in [7, 11) is -3.36. The van der Waals surface area contributed by atoms with Crippen molar-refractivity contribution in [1.29, 1.82) is 0 Å². The fourth-order valence-corrected chi connectivity index (χ4v) is 4.56. The zero-order valence-corrected chi connectivity index (χ0v) is 25.4. The topological polar surface area (TPSA) is 158 Å². The quantitative estimate of drug-likeness (QED) is 0.0803. The van der Waals surface area contributed by atoms with E-state index in [1.54, 1.807) is 38.1 Å². The minimum absolute atomic E-state index is 0.126. The van der Waals surface area contributed by atoms with Crippen LogP contribution in [0, 0.1) is 18.0 Å². The molecule has 0 spiro atoms. The molecule has 0 aliphatic heterocycles. The molecule has 0 saturated heterocycles. The molecule has 1 N–H and O–H groups in total. The smallest absolute Gasteiger partial charge is 0.435 e. The lowest BCUT2D eigenvalue weighted by atomic mass is 10.1. The molecule has 1 amide bonds. The van der Waals surface area contributed by atoms with Crippen molar-refractivity contribution in [3.63, 3.8) is 0 Å². The van der Waals surface area contributed by atoms with Crippen LogP contribution < -0.4 is 4.72 Å². The van der Waals surface area contributed by atoms with Gasteiger partial charge in [0.25, 0.3) is 22.7 Å². The molecule has 0 unspecified atom stereocenters. The first-order valence-corrected chi connectivity index (χ1v) is 14.5. The number of amides is 1. The van der Waals surface area contributed by atoms with Crippen molar-refractivity contribution in [2.75, 3.05) is 13.8 Å². The molecule has 238 valence electrons. The number of benzene rings is 2. The number of carbonyl (C=O) groups excluding carboxylic acids is 2. The average molecular weight is 641 g/mol. The number of hydrogen-bond acceptors (Lipinski definition) is 9. The number of esters is 1. The fourth-order valence-electron chi connectivity index (χ4n) is 3.46. The number of likely N-dealkylation sites (N-methyl/N-ethyl adjacent to an activating group) is 1. The summed E-state index contributed by atoms with van der Waals surface area (Å²) < 4.78 is 74.1. The molecular formula is C27H31F3N6O7S. The van der Waals surface area contributed by atoms with Gasteiger partial charge in [-0.1, -0.05) is 43.7 Å². The number of alkyl halides is 3. The summed E-state index contributed by atoms with van der Waals surface area (Å²) in [6, 6.07) is 12.3. The Bertz CT molecular complexity index is 1640. The van der Waals surface area contributed by atoms with E-state index in [0.29, 0.717) is 5.56 Å². The highest BCUT2D eigenvalue weighted by Gasteiger charge is 2.41. The maximum absolute atomic E-state index is 13.5. The van der Waals surface area contributed by atoms with Crippen LogP contribution >= 0.6 is 0 Å². The Morgan fingerprint density at radius 2 is 1.70 bits per heavy atom. The third-order valence-electron chi connectivity index (χ3n) is 6.44. The average Bonchev–Trinajstić information content (AvgIpc) is 3.41. The second-order valence-corrected chi connectivity index (χ2v) is 12.1. The van der Waals surface area contributed by atoms with E-state index in [4.69, 9.17) is 4.74 Å². The van der Waals surface area contributed by atoms with E-state index >= 15 is 0 Å². The van der Waals surface area contributed by atoms with Crippen molar-refractivity contribution < 1.29 is 45.7 Å². The number of aromatic nitrogens is 2. The molecule has 2 aromatic carbocycles. The Morgan fingerprint density at radius 1 is 1.11 bits per heavy atom. The Balaban J connectivity index is 1.79. The highest BCUT2D eigenvalue weighted by molar-refractivity contribution is 7.90. The van der Waals surface area contributed by atoms with E-state index in [0.717, 1.165) is 40.5 Å². The van der Waals surface area contributed by atoms with Crippen LogP contribution in [0.3, 0.4) is 0 Å². The fraction of sp³-hybridized carbons (Fsp3) is 0.370. The van der Waals surface area contributed by atoms with Gasteiger partial charge in [0.1, 0.15) is 0 Å². The molecule has 0 saturated carbocycles. The maximum Gasteiger partial charge on any atom is 0.435 e.